The molecular formula is C24H21N5O4S2. The highest BCUT2D eigenvalue weighted by Gasteiger charge is 2.53. The molecule has 5 rings (SSSR count). The smallest absolute Gasteiger partial charge is 0.356 e. The summed E-state index contributed by atoms with van der Waals surface area (Å²) in [7, 11) is 0. The normalized spacial score (nSPS) is 19.3. The Kier molecular flexibility index (Phi) is 6.37. The number of nitrogens with zero attached hydrogens (tertiary/aromatic N) is 3. The van der Waals surface area contributed by atoms with Crippen LogP contribution in [0.1, 0.15) is 29.2 Å². The maximum Gasteiger partial charge on any atom is 0.356 e. The zero-order valence-corrected chi connectivity index (χ0v) is 20.2. The zero-order chi connectivity index (χ0) is 24.5. The van der Waals surface area contributed by atoms with Crippen LogP contribution in [0.2, 0.25) is 0 Å². The first-order valence-electron chi connectivity index (χ1n) is 10.8. The van der Waals surface area contributed by atoms with Gasteiger partial charge in [0.15, 0.2) is 6.10 Å². The van der Waals surface area contributed by atoms with E-state index in [0.717, 1.165) is 22.5 Å². The van der Waals surface area contributed by atoms with E-state index in [4.69, 9.17) is 10.5 Å². The van der Waals surface area contributed by atoms with E-state index in [0.29, 0.717) is 21.5 Å². The summed E-state index contributed by atoms with van der Waals surface area (Å²) in [5, 5.41) is 11.1. The van der Waals surface area contributed by atoms with Gasteiger partial charge in [-0.3, -0.25) is 14.5 Å². The maximum atomic E-state index is 13.7. The molecule has 0 spiro atoms. The molecule has 0 bridgehead atoms. The van der Waals surface area contributed by atoms with Crippen LogP contribution in [0.5, 0.6) is 0 Å². The molecular weight excluding hydrogens is 486 g/mol. The fourth-order valence-corrected chi connectivity index (χ4v) is 6.18. The summed E-state index contributed by atoms with van der Waals surface area (Å²) in [6.07, 6.45) is -0.680. The van der Waals surface area contributed by atoms with E-state index in [-0.39, 0.29) is 22.9 Å². The quantitative estimate of drug-likeness (QED) is 0.385. The Morgan fingerprint density at radius 3 is 2.31 bits per heavy atom. The van der Waals surface area contributed by atoms with E-state index in [9.17, 15) is 14.4 Å². The molecule has 2 amide bonds. The van der Waals surface area contributed by atoms with Crippen molar-refractivity contribution in [3.63, 3.8) is 0 Å². The van der Waals surface area contributed by atoms with Crippen molar-refractivity contribution in [3.05, 3.63) is 82.5 Å². The van der Waals surface area contributed by atoms with Crippen LogP contribution in [0.25, 0.3) is 5.57 Å². The minimum Gasteiger partial charge on any atom is -0.448 e. The molecule has 1 unspecified atom stereocenters. The summed E-state index contributed by atoms with van der Waals surface area (Å²) in [5.41, 5.74) is 8.23. The standard InChI is InChI=1S/C24H21N5O4S2/c1-13(30)26-24-28-27-20(35-24)16-12-34-22-17(25)21(31)29(22)18(16)23(32)33-19(14-8-4-2-5-9-14)15-10-6-3-7-11-15/h2-11,17,19,22H,12,25H2,1H3,(H,26,28,30)/t17?,22-/m1/s1. The van der Waals surface area contributed by atoms with Gasteiger partial charge in [-0.25, -0.2) is 4.79 Å². The maximum absolute atomic E-state index is 13.7. The van der Waals surface area contributed by atoms with Crippen molar-refractivity contribution in [1.82, 2.24) is 15.1 Å². The third-order valence-electron chi connectivity index (χ3n) is 5.60. The van der Waals surface area contributed by atoms with Crippen LogP contribution in [-0.2, 0) is 19.1 Å². The van der Waals surface area contributed by atoms with E-state index in [1.165, 1.54) is 23.6 Å². The van der Waals surface area contributed by atoms with Crippen LogP contribution >= 0.6 is 23.1 Å². The zero-order valence-electron chi connectivity index (χ0n) is 18.6. The third-order valence-corrected chi connectivity index (χ3v) is 7.80. The highest BCUT2D eigenvalue weighted by Crippen LogP contribution is 2.44. The van der Waals surface area contributed by atoms with Gasteiger partial charge >= 0.3 is 5.97 Å². The number of hydrogen-bond acceptors (Lipinski definition) is 9. The lowest BCUT2D eigenvalue weighted by molar-refractivity contribution is -0.152. The number of anilines is 1. The molecule has 2 aliphatic heterocycles. The first-order valence-corrected chi connectivity index (χ1v) is 12.7. The molecule has 1 saturated heterocycles. The van der Waals surface area contributed by atoms with Crippen molar-refractivity contribution in [3.8, 4) is 0 Å². The van der Waals surface area contributed by atoms with E-state index in [1.807, 2.05) is 60.7 Å². The van der Waals surface area contributed by atoms with Gasteiger partial charge in [-0.1, -0.05) is 72.0 Å². The minimum atomic E-state index is -0.687. The van der Waals surface area contributed by atoms with E-state index < -0.39 is 18.1 Å². The Morgan fingerprint density at radius 1 is 1.09 bits per heavy atom. The van der Waals surface area contributed by atoms with Gasteiger partial charge in [0, 0.05) is 18.2 Å². The number of fused-ring (bicyclic) bond motifs is 1. The first kappa shape index (κ1) is 23.2. The summed E-state index contributed by atoms with van der Waals surface area (Å²) in [6, 6.07) is 18.1. The van der Waals surface area contributed by atoms with Gasteiger partial charge < -0.3 is 15.8 Å². The van der Waals surface area contributed by atoms with Crippen molar-refractivity contribution >= 4 is 51.6 Å². The van der Waals surface area contributed by atoms with E-state index in [2.05, 4.69) is 15.5 Å². The highest BCUT2D eigenvalue weighted by molar-refractivity contribution is 8.00. The van der Waals surface area contributed by atoms with Crippen molar-refractivity contribution in [1.29, 1.82) is 0 Å². The number of aromatic nitrogens is 2. The lowest BCUT2D eigenvalue weighted by atomic mass is 10.0. The summed E-state index contributed by atoms with van der Waals surface area (Å²) in [5.74, 6) is -0.895. The molecule has 9 nitrogen and oxygen atoms in total. The van der Waals surface area contributed by atoms with Gasteiger partial charge in [0.2, 0.25) is 16.9 Å². The van der Waals surface area contributed by atoms with Crippen LogP contribution in [0.15, 0.2) is 66.4 Å². The van der Waals surface area contributed by atoms with Gasteiger partial charge in [-0.15, -0.1) is 22.0 Å². The Morgan fingerprint density at radius 2 is 1.71 bits per heavy atom. The number of rotatable bonds is 6. The third kappa shape index (κ3) is 4.45. The number of carbonyl (C=O) groups is 3. The molecule has 3 aromatic rings. The summed E-state index contributed by atoms with van der Waals surface area (Å²) in [6.45, 7) is 1.37. The number of nitrogens with one attached hydrogen (secondary N) is 1. The molecule has 1 fully saturated rings. The van der Waals surface area contributed by atoms with Crippen LogP contribution in [-0.4, -0.2) is 50.0 Å². The summed E-state index contributed by atoms with van der Waals surface area (Å²) in [4.78, 5) is 39.3. The van der Waals surface area contributed by atoms with Crippen LogP contribution < -0.4 is 11.1 Å². The van der Waals surface area contributed by atoms with Crippen LogP contribution in [0.3, 0.4) is 0 Å². The lowest BCUT2D eigenvalue weighted by Gasteiger charge is -2.48. The predicted molar refractivity (Wildman–Crippen MR) is 133 cm³/mol. The van der Waals surface area contributed by atoms with E-state index in [1.54, 1.807) is 0 Å². The molecule has 0 radical (unpaired) electrons. The van der Waals surface area contributed by atoms with Gasteiger partial charge in [0.1, 0.15) is 22.1 Å². The molecule has 35 heavy (non-hydrogen) atoms. The Labute approximate surface area is 209 Å². The molecule has 2 atom stereocenters. The van der Waals surface area contributed by atoms with Gasteiger partial charge in [0.05, 0.1) is 0 Å². The average Bonchev–Trinajstić information content (AvgIpc) is 3.34. The number of nitrogens with two attached hydrogens (primary N) is 1. The van der Waals surface area contributed by atoms with Crippen LogP contribution in [0, 0.1) is 0 Å². The Balaban J connectivity index is 1.55. The van der Waals surface area contributed by atoms with Crippen molar-refractivity contribution < 1.29 is 19.1 Å². The Hall–Kier alpha value is -3.54. The van der Waals surface area contributed by atoms with Crippen molar-refractivity contribution in [2.45, 2.75) is 24.4 Å². The van der Waals surface area contributed by atoms with Crippen molar-refractivity contribution in [2.24, 2.45) is 5.73 Å². The molecule has 2 aliphatic rings. The predicted octanol–water partition coefficient (Wildman–Crippen LogP) is 2.78. The van der Waals surface area contributed by atoms with Crippen molar-refractivity contribution in [2.75, 3.05) is 11.1 Å². The molecule has 0 aliphatic carbocycles. The fourth-order valence-electron chi connectivity index (χ4n) is 3.96. The number of thioether (sulfide) groups is 1. The number of amides is 2. The van der Waals surface area contributed by atoms with Crippen LogP contribution in [0.4, 0.5) is 5.13 Å². The topological polar surface area (TPSA) is 128 Å². The number of β-lactam (4-membered cyclic amide) rings is 1. The second-order valence-electron chi connectivity index (χ2n) is 7.96. The second-order valence-corrected chi connectivity index (χ2v) is 10.0. The Bertz CT molecular complexity index is 1270. The second kappa shape index (κ2) is 9.61. The molecule has 2 aromatic carbocycles. The molecule has 178 valence electrons. The number of benzene rings is 2. The molecule has 3 heterocycles. The SMILES string of the molecule is CC(=O)Nc1nnc(C2=C(C(=O)OC(c3ccccc3)c3ccccc3)N3C(=O)C(N)[C@H]3SC2)s1. The lowest BCUT2D eigenvalue weighted by Crippen LogP contribution is -2.68. The number of ether oxygens (including phenoxy) is 1. The first-order chi connectivity index (χ1) is 16.9. The van der Waals surface area contributed by atoms with E-state index >= 15 is 0 Å². The van der Waals surface area contributed by atoms with Gasteiger partial charge in [0.25, 0.3) is 0 Å². The molecule has 0 saturated carbocycles. The minimum absolute atomic E-state index is 0.114. The summed E-state index contributed by atoms with van der Waals surface area (Å²) >= 11 is 2.58. The largest absolute Gasteiger partial charge is 0.448 e. The number of esters is 1. The monoisotopic (exact) mass is 507 g/mol. The number of carbonyl (C=O) groups excluding carboxylic acids is 3. The highest BCUT2D eigenvalue weighted by atomic mass is 32.2. The number of hydrogen-bond donors (Lipinski definition) is 2. The molecule has 3 N–H and O–H groups in total. The average molecular weight is 508 g/mol. The molecule has 1 aromatic heterocycles. The summed E-state index contributed by atoms with van der Waals surface area (Å²) < 4.78 is 6.07. The molecule has 11 heteroatoms. The fraction of sp³-hybridized carbons (Fsp3) is 0.208. The van der Waals surface area contributed by atoms with Gasteiger partial charge in [-0.05, 0) is 11.1 Å². The van der Waals surface area contributed by atoms with Gasteiger partial charge in [-0.2, -0.15) is 0 Å².